The molecule has 0 saturated heterocycles. The van der Waals surface area contributed by atoms with Crippen LogP contribution < -0.4 is 25.1 Å². The Labute approximate surface area is 150 Å². The summed E-state index contributed by atoms with van der Waals surface area (Å²) in [7, 11) is 1.39. The summed E-state index contributed by atoms with van der Waals surface area (Å²) in [5, 5.41) is 0. The lowest BCUT2D eigenvalue weighted by atomic mass is 10.2. The zero-order chi connectivity index (χ0) is 18.9. The lowest BCUT2D eigenvalue weighted by Crippen LogP contribution is -2.44. The number of hydrogen-bond donors (Lipinski definition) is 2. The summed E-state index contributed by atoms with van der Waals surface area (Å²) in [5.74, 6) is -0.988. The molecule has 0 heterocycles. The number of rotatable bonds is 7. The molecule has 0 unspecified atom stereocenters. The van der Waals surface area contributed by atoms with Crippen molar-refractivity contribution in [2.75, 3.05) is 20.3 Å². The van der Waals surface area contributed by atoms with E-state index in [2.05, 4.69) is 10.9 Å². The zero-order valence-corrected chi connectivity index (χ0v) is 14.4. The molecule has 0 spiro atoms. The Balaban J connectivity index is 1.86. The fourth-order valence-corrected chi connectivity index (χ4v) is 2.02. The Kier molecular flexibility index (Phi) is 6.78. The predicted octanol–water partition coefficient (Wildman–Crippen LogP) is 2.07. The van der Waals surface area contributed by atoms with Crippen molar-refractivity contribution >= 4 is 11.8 Å². The van der Waals surface area contributed by atoms with Crippen molar-refractivity contribution in [1.82, 2.24) is 10.9 Å². The number of halogens is 1. The van der Waals surface area contributed by atoms with E-state index in [1.165, 1.54) is 19.2 Å². The summed E-state index contributed by atoms with van der Waals surface area (Å²) in [6, 6.07) is 10.7. The van der Waals surface area contributed by atoms with Crippen LogP contribution in [-0.2, 0) is 4.79 Å². The van der Waals surface area contributed by atoms with Crippen molar-refractivity contribution in [1.29, 1.82) is 0 Å². The maximum absolute atomic E-state index is 13.8. The van der Waals surface area contributed by atoms with Crippen molar-refractivity contribution in [3.63, 3.8) is 0 Å². The monoisotopic (exact) mass is 362 g/mol. The van der Waals surface area contributed by atoms with Crippen molar-refractivity contribution in [3.05, 3.63) is 53.8 Å². The van der Waals surface area contributed by atoms with Gasteiger partial charge in [0.05, 0.1) is 19.3 Å². The first-order valence-electron chi connectivity index (χ1n) is 7.82. The third-order valence-electron chi connectivity index (χ3n) is 3.24. The Morgan fingerprint density at radius 2 is 1.73 bits per heavy atom. The van der Waals surface area contributed by atoms with Crippen LogP contribution in [0.15, 0.2) is 42.5 Å². The van der Waals surface area contributed by atoms with E-state index in [1.807, 2.05) is 6.92 Å². The average Bonchev–Trinajstić information content (AvgIpc) is 2.65. The molecule has 0 aliphatic heterocycles. The van der Waals surface area contributed by atoms with Crippen molar-refractivity contribution in [2.45, 2.75) is 6.92 Å². The van der Waals surface area contributed by atoms with E-state index >= 15 is 0 Å². The molecule has 8 heteroatoms. The van der Waals surface area contributed by atoms with E-state index in [0.29, 0.717) is 18.1 Å². The second kappa shape index (κ2) is 9.26. The van der Waals surface area contributed by atoms with Crippen LogP contribution in [0.4, 0.5) is 4.39 Å². The van der Waals surface area contributed by atoms with Gasteiger partial charge in [0, 0.05) is 6.07 Å². The van der Waals surface area contributed by atoms with E-state index in [1.54, 1.807) is 24.3 Å². The average molecular weight is 362 g/mol. The van der Waals surface area contributed by atoms with Crippen LogP contribution in [0.5, 0.6) is 17.2 Å². The largest absolute Gasteiger partial charge is 0.497 e. The van der Waals surface area contributed by atoms with Crippen LogP contribution >= 0.6 is 0 Å². The van der Waals surface area contributed by atoms with E-state index in [9.17, 15) is 14.0 Å². The summed E-state index contributed by atoms with van der Waals surface area (Å²) in [5.41, 5.74) is 4.05. The molecule has 0 fully saturated rings. The van der Waals surface area contributed by atoms with Gasteiger partial charge >= 0.3 is 0 Å². The van der Waals surface area contributed by atoms with E-state index in [4.69, 9.17) is 14.2 Å². The molecule has 0 aliphatic rings. The second-order valence-corrected chi connectivity index (χ2v) is 5.02. The summed E-state index contributed by atoms with van der Waals surface area (Å²) in [6.45, 7) is 1.93. The summed E-state index contributed by atoms with van der Waals surface area (Å²) in [6.07, 6.45) is 0. The van der Waals surface area contributed by atoms with E-state index in [0.717, 1.165) is 6.07 Å². The number of methoxy groups -OCH3 is 1. The minimum absolute atomic E-state index is 0.228. The van der Waals surface area contributed by atoms with Crippen LogP contribution in [0.2, 0.25) is 0 Å². The first-order valence-corrected chi connectivity index (χ1v) is 7.82. The number of hydrazine groups is 1. The van der Waals surface area contributed by atoms with Gasteiger partial charge in [-0.15, -0.1) is 0 Å². The number of carbonyl (C=O) groups is 2. The number of para-hydroxylation sites is 2. The van der Waals surface area contributed by atoms with Gasteiger partial charge in [0.1, 0.15) is 11.6 Å². The van der Waals surface area contributed by atoms with Crippen molar-refractivity contribution in [3.8, 4) is 17.2 Å². The molecule has 2 rings (SSSR count). The van der Waals surface area contributed by atoms with Crippen LogP contribution in [0.1, 0.15) is 17.3 Å². The molecule has 7 nitrogen and oxygen atoms in total. The topological polar surface area (TPSA) is 85.9 Å². The Morgan fingerprint density at radius 3 is 2.35 bits per heavy atom. The molecule has 0 bridgehead atoms. The molecular weight excluding hydrogens is 343 g/mol. The summed E-state index contributed by atoms with van der Waals surface area (Å²) >= 11 is 0. The predicted molar refractivity (Wildman–Crippen MR) is 91.7 cm³/mol. The second-order valence-electron chi connectivity index (χ2n) is 5.02. The molecular formula is C18H19FN2O5. The lowest BCUT2D eigenvalue weighted by molar-refractivity contribution is -0.123. The van der Waals surface area contributed by atoms with Gasteiger partial charge in [0.2, 0.25) is 0 Å². The highest BCUT2D eigenvalue weighted by Crippen LogP contribution is 2.26. The molecule has 2 amide bonds. The maximum Gasteiger partial charge on any atom is 0.276 e. The van der Waals surface area contributed by atoms with Gasteiger partial charge in [-0.3, -0.25) is 20.4 Å². The van der Waals surface area contributed by atoms with Crippen LogP contribution in [0.3, 0.4) is 0 Å². The normalized spacial score (nSPS) is 9.96. The number of amides is 2. The standard InChI is InChI=1S/C18H19FN2O5/c1-3-25-15-6-4-5-7-16(15)26-11-17(22)20-21-18(23)13-9-8-12(24-2)10-14(13)19/h4-10H,3,11H2,1-2H3,(H,20,22)(H,21,23). The quantitative estimate of drug-likeness (QED) is 0.737. The fourth-order valence-electron chi connectivity index (χ4n) is 2.02. The smallest absolute Gasteiger partial charge is 0.276 e. The summed E-state index contributed by atoms with van der Waals surface area (Å²) in [4.78, 5) is 23.7. The highest BCUT2D eigenvalue weighted by Gasteiger charge is 2.14. The molecule has 2 aromatic carbocycles. The van der Waals surface area contributed by atoms with Crippen LogP contribution in [0.25, 0.3) is 0 Å². The van der Waals surface area contributed by atoms with Gasteiger partial charge < -0.3 is 14.2 Å². The van der Waals surface area contributed by atoms with Crippen molar-refractivity contribution < 1.29 is 28.2 Å². The highest BCUT2D eigenvalue weighted by molar-refractivity contribution is 5.95. The molecule has 0 aromatic heterocycles. The van der Waals surface area contributed by atoms with Gasteiger partial charge in [-0.2, -0.15) is 0 Å². The molecule has 2 aromatic rings. The van der Waals surface area contributed by atoms with Gasteiger partial charge in [0.15, 0.2) is 18.1 Å². The molecule has 0 aliphatic carbocycles. The Morgan fingerprint density at radius 1 is 1.04 bits per heavy atom. The van der Waals surface area contributed by atoms with Gasteiger partial charge in [-0.25, -0.2) is 4.39 Å². The number of nitrogens with one attached hydrogen (secondary N) is 2. The molecule has 2 N–H and O–H groups in total. The number of benzene rings is 2. The zero-order valence-electron chi connectivity index (χ0n) is 14.4. The van der Waals surface area contributed by atoms with Gasteiger partial charge in [0.25, 0.3) is 11.8 Å². The third kappa shape index (κ3) is 5.10. The molecule has 0 atom stereocenters. The minimum atomic E-state index is -0.798. The minimum Gasteiger partial charge on any atom is -0.497 e. The van der Waals surface area contributed by atoms with Crippen LogP contribution in [-0.4, -0.2) is 32.1 Å². The number of ether oxygens (including phenoxy) is 3. The molecule has 138 valence electrons. The highest BCUT2D eigenvalue weighted by atomic mass is 19.1. The number of carbonyl (C=O) groups excluding carboxylic acids is 2. The first kappa shape index (κ1) is 19.0. The molecule has 0 radical (unpaired) electrons. The number of hydrogen-bond acceptors (Lipinski definition) is 5. The van der Waals surface area contributed by atoms with E-state index in [-0.39, 0.29) is 17.9 Å². The fraction of sp³-hybridized carbons (Fsp3) is 0.222. The third-order valence-corrected chi connectivity index (χ3v) is 3.24. The first-order chi connectivity index (χ1) is 12.5. The van der Waals surface area contributed by atoms with Gasteiger partial charge in [-0.05, 0) is 31.2 Å². The Hall–Kier alpha value is -3.29. The molecule has 26 heavy (non-hydrogen) atoms. The van der Waals surface area contributed by atoms with E-state index < -0.39 is 17.6 Å². The SMILES string of the molecule is CCOc1ccccc1OCC(=O)NNC(=O)c1ccc(OC)cc1F. The van der Waals surface area contributed by atoms with Gasteiger partial charge in [-0.1, -0.05) is 12.1 Å². The maximum atomic E-state index is 13.8. The van der Waals surface area contributed by atoms with Crippen LogP contribution in [0, 0.1) is 5.82 Å². The Bertz CT molecular complexity index is 782. The lowest BCUT2D eigenvalue weighted by Gasteiger charge is -2.12. The van der Waals surface area contributed by atoms with Crippen molar-refractivity contribution in [2.24, 2.45) is 0 Å². The summed E-state index contributed by atoms with van der Waals surface area (Å²) < 4.78 is 29.4. The molecule has 0 saturated carbocycles.